The molecule has 0 radical (unpaired) electrons. The molecule has 7 aromatic carbocycles. The smallest absolute Gasteiger partial charge is 0.0646 e. The molecule has 0 saturated carbocycles. The Balaban J connectivity index is 1.53. The molecule has 0 aliphatic rings. The van der Waals surface area contributed by atoms with Crippen LogP contribution in [-0.2, 0) is 0 Å². The molecule has 0 aliphatic carbocycles. The van der Waals surface area contributed by atoms with E-state index in [2.05, 4.69) is 0 Å². The zero-order valence-electron chi connectivity index (χ0n) is 49.9. The minimum atomic E-state index is -1.10. The third-order valence-corrected chi connectivity index (χ3v) is 6.92. The summed E-state index contributed by atoms with van der Waals surface area (Å²) in [4.78, 5) is 0. The van der Waals surface area contributed by atoms with Gasteiger partial charge in [-0.1, -0.05) is 115 Å². The van der Waals surface area contributed by atoms with Crippen molar-refractivity contribution < 1.29 is 38.4 Å². The number of hydrogen-bond acceptors (Lipinski definition) is 0. The van der Waals surface area contributed by atoms with Crippen LogP contribution in [0.3, 0.4) is 0 Å². The first-order valence-corrected chi connectivity index (χ1v) is 12.8. The largest absolute Gasteiger partial charge is 0.309 e. The quantitative estimate of drug-likeness (QED) is 0.193. The summed E-state index contributed by atoms with van der Waals surface area (Å²) < 4.78 is 250. The molecule has 9 rings (SSSR count). The molecule has 0 spiro atoms. The Labute approximate surface area is 295 Å². The SMILES string of the molecule is [2H]c1c([2H])c([2H])c(-c2c([2H])c([2H])c([2H])c(-c3c([2H])c([2H])c(-n4c5c([2H])c([2H])c([2H])c([2H])c5c5c6c7c([2H])c([2H])c([2H])c([2H])c7n(-c7c([2H])c([2H])c([2H])c([2H])c7[2H])c6c([2H])c([2H])c54)c([2H])c3[2H])c2[2H])c([2H])c1[2H]. The molecule has 0 fully saturated rings. The molecule has 206 valence electrons. The highest BCUT2D eigenvalue weighted by Crippen LogP contribution is 2.42. The van der Waals surface area contributed by atoms with E-state index in [4.69, 9.17) is 24.7 Å². The Bertz CT molecular complexity index is 3990. The average Bonchev–Trinajstić information content (AvgIpc) is 3.88. The number of fused-ring (bicyclic) bond motifs is 7. The Morgan fingerprint density at radius 1 is 0.318 bits per heavy atom. The number of hydrogen-bond donors (Lipinski definition) is 0. The van der Waals surface area contributed by atoms with Gasteiger partial charge in [-0.15, -0.1) is 0 Å². The van der Waals surface area contributed by atoms with Crippen molar-refractivity contribution >= 4 is 43.6 Å². The number of aromatic nitrogens is 2. The first-order chi connectivity index (χ1) is 33.5. The predicted molar refractivity (Wildman–Crippen MR) is 186 cm³/mol. The topological polar surface area (TPSA) is 9.86 Å². The fraction of sp³-hybridized carbons (Fsp3) is 0. The average molecular weight is 589 g/mol. The van der Waals surface area contributed by atoms with E-state index in [0.717, 1.165) is 9.13 Å². The fourth-order valence-corrected chi connectivity index (χ4v) is 5.15. The Morgan fingerprint density at radius 3 is 1.32 bits per heavy atom. The number of rotatable bonds is 4. The number of para-hydroxylation sites is 3. The lowest BCUT2D eigenvalue weighted by Gasteiger charge is -2.11. The summed E-state index contributed by atoms with van der Waals surface area (Å²) >= 11 is 0. The molecule has 0 N–H and O–H groups in total. The van der Waals surface area contributed by atoms with Gasteiger partial charge in [0.05, 0.1) is 60.4 Å². The van der Waals surface area contributed by atoms with Crippen LogP contribution < -0.4 is 0 Å². The van der Waals surface area contributed by atoms with Crippen LogP contribution in [-0.4, -0.2) is 9.13 Å². The van der Waals surface area contributed by atoms with Crippen LogP contribution in [0.1, 0.15) is 38.4 Å². The molecule has 0 aliphatic heterocycles. The van der Waals surface area contributed by atoms with Crippen molar-refractivity contribution in [2.45, 2.75) is 0 Å². The van der Waals surface area contributed by atoms with Crippen LogP contribution in [0, 0.1) is 0 Å². The summed E-state index contributed by atoms with van der Waals surface area (Å²) in [5.41, 5.74) is -7.36. The maximum absolute atomic E-state index is 9.62. The van der Waals surface area contributed by atoms with Gasteiger partial charge in [0.15, 0.2) is 0 Å². The molecule has 2 heteroatoms. The van der Waals surface area contributed by atoms with E-state index in [-0.39, 0.29) is 0 Å². The van der Waals surface area contributed by atoms with Gasteiger partial charge in [0, 0.05) is 32.9 Å². The maximum atomic E-state index is 9.62. The van der Waals surface area contributed by atoms with Crippen LogP contribution in [0.25, 0.3) is 77.2 Å². The van der Waals surface area contributed by atoms with E-state index in [1.165, 1.54) is 0 Å². The van der Waals surface area contributed by atoms with Gasteiger partial charge < -0.3 is 9.13 Å². The van der Waals surface area contributed by atoms with E-state index in [1.807, 2.05) is 0 Å². The van der Waals surface area contributed by atoms with Crippen molar-refractivity contribution in [1.29, 1.82) is 0 Å². The Kier molecular flexibility index (Phi) is 2.14. The summed E-state index contributed by atoms with van der Waals surface area (Å²) in [5.74, 6) is 0. The standard InChI is InChI=1S/C42H28N2/c1-3-12-29(13-4-1)31-14-11-15-32(28-31)30-22-24-34(25-23-30)44-38-21-10-8-19-36(38)42-40(44)27-26-39-41(42)35-18-7-9-20-37(35)43(39)33-16-5-2-6-17-33/h1-28H/i1D,2D,3D,4D,5D,6D,7D,8D,9D,10D,11D,12D,13D,14D,15D,16D,17D,18D,19D,20D,21D,22D,23D,24D,25D,26D,27D,28D. The van der Waals surface area contributed by atoms with Gasteiger partial charge in [0.2, 0.25) is 0 Å². The van der Waals surface area contributed by atoms with Gasteiger partial charge in [-0.3, -0.25) is 0 Å². The molecule has 2 heterocycles. The van der Waals surface area contributed by atoms with Crippen molar-refractivity contribution in [2.75, 3.05) is 0 Å². The highest BCUT2D eigenvalue weighted by atomic mass is 15.0. The normalized spacial score (nSPS) is 20.5. The maximum Gasteiger partial charge on any atom is 0.0646 e. The van der Waals surface area contributed by atoms with Crippen molar-refractivity contribution in [1.82, 2.24) is 9.13 Å². The zero-order valence-corrected chi connectivity index (χ0v) is 21.9. The molecule has 2 nitrogen and oxygen atoms in total. The molecule has 9 aromatic rings. The molecular formula is C42H28N2. The Hall–Kier alpha value is -5.86. The Morgan fingerprint density at radius 2 is 0.750 bits per heavy atom. The van der Waals surface area contributed by atoms with Crippen LogP contribution in [0.15, 0.2) is 169 Å². The van der Waals surface area contributed by atoms with Crippen LogP contribution in [0.2, 0.25) is 0 Å². The van der Waals surface area contributed by atoms with Crippen molar-refractivity contribution in [2.24, 2.45) is 0 Å². The highest BCUT2D eigenvalue weighted by molar-refractivity contribution is 6.28. The minimum Gasteiger partial charge on any atom is -0.309 e. The third kappa shape index (κ3) is 3.75. The third-order valence-electron chi connectivity index (χ3n) is 6.92. The van der Waals surface area contributed by atoms with E-state index in [9.17, 15) is 13.7 Å². The van der Waals surface area contributed by atoms with E-state index in [0.29, 0.717) is 0 Å². The van der Waals surface area contributed by atoms with E-state index in [1.54, 1.807) is 0 Å². The lowest BCUT2D eigenvalue weighted by atomic mass is 9.99. The van der Waals surface area contributed by atoms with Gasteiger partial charge in [0.1, 0.15) is 0 Å². The second-order valence-electron chi connectivity index (χ2n) is 9.26. The molecule has 2 aromatic heterocycles. The summed E-state index contributed by atoms with van der Waals surface area (Å²) in [6.45, 7) is 0. The molecule has 0 amide bonds. The molecule has 0 bridgehead atoms. The van der Waals surface area contributed by atoms with Gasteiger partial charge in [-0.2, -0.15) is 0 Å². The van der Waals surface area contributed by atoms with E-state index >= 15 is 0 Å². The van der Waals surface area contributed by atoms with Crippen molar-refractivity contribution in [3.8, 4) is 33.6 Å². The van der Waals surface area contributed by atoms with Crippen molar-refractivity contribution in [3.63, 3.8) is 0 Å². The van der Waals surface area contributed by atoms with Gasteiger partial charge >= 0.3 is 0 Å². The highest BCUT2D eigenvalue weighted by Gasteiger charge is 2.20. The fourth-order valence-electron chi connectivity index (χ4n) is 5.15. The second-order valence-corrected chi connectivity index (χ2v) is 9.26. The van der Waals surface area contributed by atoms with Crippen molar-refractivity contribution in [3.05, 3.63) is 169 Å². The molecule has 0 atom stereocenters. The summed E-state index contributed by atoms with van der Waals surface area (Å²) in [6.07, 6.45) is 0. The molecular weight excluding hydrogens is 532 g/mol. The lowest BCUT2D eigenvalue weighted by Crippen LogP contribution is -1.94. The summed E-state index contributed by atoms with van der Waals surface area (Å²) in [7, 11) is 0. The molecule has 0 unspecified atom stereocenters. The number of nitrogens with zero attached hydrogens (tertiary/aromatic N) is 2. The first kappa shape index (κ1) is 9.57. The van der Waals surface area contributed by atoms with Crippen LogP contribution in [0.5, 0.6) is 0 Å². The van der Waals surface area contributed by atoms with Crippen LogP contribution in [0.4, 0.5) is 0 Å². The minimum absolute atomic E-state index is 0.475. The molecule has 44 heavy (non-hydrogen) atoms. The second kappa shape index (κ2) is 9.86. The van der Waals surface area contributed by atoms with Gasteiger partial charge in [0.25, 0.3) is 0 Å². The first-order valence-electron chi connectivity index (χ1n) is 26.8. The summed E-state index contributed by atoms with van der Waals surface area (Å²) in [6, 6.07) is -26.2. The van der Waals surface area contributed by atoms with Gasteiger partial charge in [-0.05, 0) is 76.6 Å². The molecule has 0 saturated heterocycles. The summed E-state index contributed by atoms with van der Waals surface area (Å²) in [5, 5.41) is -2.05. The van der Waals surface area contributed by atoms with Gasteiger partial charge in [-0.25, -0.2) is 0 Å². The zero-order chi connectivity index (χ0) is 53.4. The van der Waals surface area contributed by atoms with Crippen LogP contribution >= 0.6 is 0 Å². The monoisotopic (exact) mass is 588 g/mol. The predicted octanol–water partition coefficient (Wildman–Crippen LogP) is 11.2. The lowest BCUT2D eigenvalue weighted by molar-refractivity contribution is 1.17. The number of benzene rings is 7. The van der Waals surface area contributed by atoms with E-state index < -0.39 is 246 Å².